The summed E-state index contributed by atoms with van der Waals surface area (Å²) in [5.74, 6) is 0.457. The van der Waals surface area contributed by atoms with Crippen molar-refractivity contribution in [3.05, 3.63) is 92.9 Å². The second-order valence-corrected chi connectivity index (χ2v) is 8.06. The van der Waals surface area contributed by atoms with Crippen LogP contribution in [0.2, 0.25) is 0 Å². The average molecular weight is 464 g/mol. The van der Waals surface area contributed by atoms with Gasteiger partial charge in [-0.2, -0.15) is 0 Å². The first-order valence-corrected chi connectivity index (χ1v) is 10.5. The van der Waals surface area contributed by atoms with Crippen LogP contribution >= 0.6 is 12.2 Å². The maximum atomic E-state index is 13.4. The van der Waals surface area contributed by atoms with Crippen LogP contribution in [-0.2, 0) is 4.79 Å². The van der Waals surface area contributed by atoms with E-state index >= 15 is 0 Å². The number of allylic oxidation sites excluding steroid dienone is 1. The molecule has 1 aliphatic heterocycles. The van der Waals surface area contributed by atoms with E-state index in [4.69, 9.17) is 16.7 Å². The van der Waals surface area contributed by atoms with Crippen molar-refractivity contribution in [1.82, 2.24) is 10.5 Å². The lowest BCUT2D eigenvalue weighted by Crippen LogP contribution is -2.48. The third kappa shape index (κ3) is 4.46. The molecule has 9 nitrogen and oxygen atoms in total. The molecule has 0 spiro atoms. The van der Waals surface area contributed by atoms with E-state index in [0.29, 0.717) is 27.7 Å². The Labute approximate surface area is 195 Å². The number of nitrogens with one attached hydrogen (secondary N) is 2. The number of hydrogen-bond acceptors (Lipinski definition) is 6. The van der Waals surface area contributed by atoms with E-state index in [-0.39, 0.29) is 11.5 Å². The van der Waals surface area contributed by atoms with E-state index in [1.54, 1.807) is 30.0 Å². The van der Waals surface area contributed by atoms with Gasteiger partial charge in [-0.15, -0.1) is 0 Å². The molecule has 1 aromatic heterocycles. The van der Waals surface area contributed by atoms with Crippen LogP contribution < -0.4 is 15.5 Å². The topological polar surface area (TPSA) is 114 Å². The number of anilines is 2. The van der Waals surface area contributed by atoms with Crippen LogP contribution in [0.3, 0.4) is 0 Å². The van der Waals surface area contributed by atoms with Crippen molar-refractivity contribution < 1.29 is 14.2 Å². The third-order valence-electron chi connectivity index (χ3n) is 5.33. The van der Waals surface area contributed by atoms with Crippen LogP contribution in [0.25, 0.3) is 0 Å². The summed E-state index contributed by atoms with van der Waals surface area (Å²) in [6.07, 6.45) is 0. The minimum atomic E-state index is -0.618. The maximum Gasteiger partial charge on any atom is 0.269 e. The van der Waals surface area contributed by atoms with Gasteiger partial charge >= 0.3 is 0 Å². The van der Waals surface area contributed by atoms with Crippen LogP contribution in [-0.4, -0.2) is 21.1 Å². The van der Waals surface area contributed by atoms with E-state index in [9.17, 15) is 14.9 Å². The van der Waals surface area contributed by atoms with E-state index in [1.807, 2.05) is 38.1 Å². The highest BCUT2D eigenvalue weighted by molar-refractivity contribution is 7.80. The summed E-state index contributed by atoms with van der Waals surface area (Å²) in [5, 5.41) is 21.3. The summed E-state index contributed by atoms with van der Waals surface area (Å²) in [4.78, 5) is 25.8. The largest absolute Gasteiger partial charge is 0.360 e. The van der Waals surface area contributed by atoms with Crippen molar-refractivity contribution in [3.63, 3.8) is 0 Å². The predicted octanol–water partition coefficient (Wildman–Crippen LogP) is 4.55. The molecule has 1 atom stereocenters. The molecule has 0 saturated heterocycles. The molecular formula is C23H21N5O4S. The first kappa shape index (κ1) is 22.2. The molecule has 10 heteroatoms. The lowest BCUT2D eigenvalue weighted by atomic mass is 9.94. The molecule has 1 aliphatic rings. The maximum absolute atomic E-state index is 13.4. The molecule has 2 heterocycles. The summed E-state index contributed by atoms with van der Waals surface area (Å²) in [6, 6.07) is 14.8. The number of nitrogens with zero attached hydrogens (tertiary/aromatic N) is 3. The lowest BCUT2D eigenvalue weighted by molar-refractivity contribution is -0.384. The number of aromatic nitrogens is 1. The Kier molecular flexibility index (Phi) is 5.93. The zero-order chi connectivity index (χ0) is 23.7. The van der Waals surface area contributed by atoms with Crippen molar-refractivity contribution >= 4 is 40.4 Å². The Hall–Kier alpha value is -4.05. The molecule has 0 aliphatic carbocycles. The van der Waals surface area contributed by atoms with E-state index in [0.717, 1.165) is 11.3 Å². The number of amides is 1. The van der Waals surface area contributed by atoms with E-state index in [1.165, 1.54) is 12.1 Å². The second-order valence-electron chi connectivity index (χ2n) is 7.68. The Balaban J connectivity index is 1.79. The lowest BCUT2D eigenvalue weighted by Gasteiger charge is -2.37. The molecule has 2 N–H and O–H groups in total. The molecule has 3 aromatic rings. The number of carbonyl (C=O) groups is 1. The van der Waals surface area contributed by atoms with Gasteiger partial charge in [-0.3, -0.25) is 19.8 Å². The SMILES string of the molecule is CC1=C(C(=O)Nc2cc(C)on2)[C@@H](c2ccc([N+](=O)[O-])cc2)NC(=S)N1c1ccc(C)cc1. The first-order chi connectivity index (χ1) is 15.7. The highest BCUT2D eigenvalue weighted by Gasteiger charge is 2.35. The van der Waals surface area contributed by atoms with E-state index < -0.39 is 16.9 Å². The molecule has 33 heavy (non-hydrogen) atoms. The van der Waals surface area contributed by atoms with Crippen LogP contribution in [0.4, 0.5) is 17.2 Å². The number of carbonyl (C=O) groups excluding carboxylic acids is 1. The molecule has 0 unspecified atom stereocenters. The molecule has 0 fully saturated rings. The Bertz CT molecular complexity index is 1260. The fourth-order valence-corrected chi connectivity index (χ4v) is 4.05. The van der Waals surface area contributed by atoms with Crippen LogP contribution in [0.15, 0.2) is 70.4 Å². The Morgan fingerprint density at radius 1 is 1.15 bits per heavy atom. The summed E-state index contributed by atoms with van der Waals surface area (Å²) >= 11 is 5.65. The highest BCUT2D eigenvalue weighted by atomic mass is 32.1. The Morgan fingerprint density at radius 3 is 2.39 bits per heavy atom. The van der Waals surface area contributed by atoms with Crippen molar-refractivity contribution in [2.24, 2.45) is 0 Å². The quantitative estimate of drug-likeness (QED) is 0.322. The molecular weight excluding hydrogens is 442 g/mol. The smallest absolute Gasteiger partial charge is 0.269 e. The number of nitro benzene ring substituents is 1. The number of benzene rings is 2. The normalized spacial score (nSPS) is 15.9. The monoisotopic (exact) mass is 463 g/mol. The summed E-state index contributed by atoms with van der Waals surface area (Å²) in [7, 11) is 0. The van der Waals surface area contributed by atoms with Gasteiger partial charge in [-0.05, 0) is 62.8 Å². The molecule has 2 aromatic carbocycles. The molecule has 1 amide bonds. The Morgan fingerprint density at radius 2 is 1.82 bits per heavy atom. The van der Waals surface area contributed by atoms with Crippen molar-refractivity contribution in [2.45, 2.75) is 26.8 Å². The fraction of sp³-hybridized carbons (Fsp3) is 0.174. The van der Waals surface area contributed by atoms with Crippen molar-refractivity contribution in [1.29, 1.82) is 0 Å². The van der Waals surface area contributed by atoms with Gasteiger partial charge in [0.2, 0.25) is 0 Å². The van der Waals surface area contributed by atoms with Crippen LogP contribution in [0.1, 0.15) is 29.9 Å². The molecule has 0 radical (unpaired) electrons. The minimum Gasteiger partial charge on any atom is -0.360 e. The van der Waals surface area contributed by atoms with Crippen LogP contribution in [0, 0.1) is 24.0 Å². The summed E-state index contributed by atoms with van der Waals surface area (Å²) in [6.45, 7) is 5.53. The average Bonchev–Trinajstić information content (AvgIpc) is 3.19. The second kappa shape index (κ2) is 8.83. The van der Waals surface area contributed by atoms with Gasteiger partial charge in [0, 0.05) is 29.6 Å². The number of hydrogen-bond donors (Lipinski definition) is 2. The molecule has 168 valence electrons. The number of thiocarbonyl (C=S) groups is 1. The zero-order valence-corrected chi connectivity index (χ0v) is 19.0. The van der Waals surface area contributed by atoms with Crippen molar-refractivity contribution in [2.75, 3.05) is 10.2 Å². The molecule has 4 rings (SSSR count). The van der Waals surface area contributed by atoms with Gasteiger partial charge < -0.3 is 15.2 Å². The fourth-order valence-electron chi connectivity index (χ4n) is 3.69. The number of nitro groups is 1. The zero-order valence-electron chi connectivity index (χ0n) is 18.2. The molecule has 0 saturated carbocycles. The highest BCUT2D eigenvalue weighted by Crippen LogP contribution is 2.35. The third-order valence-corrected chi connectivity index (χ3v) is 5.63. The van der Waals surface area contributed by atoms with Gasteiger partial charge in [0.15, 0.2) is 10.9 Å². The van der Waals surface area contributed by atoms with Gasteiger partial charge in [0.1, 0.15) is 5.76 Å². The predicted molar refractivity (Wildman–Crippen MR) is 128 cm³/mol. The van der Waals surface area contributed by atoms with Gasteiger partial charge in [-0.1, -0.05) is 22.9 Å². The number of rotatable bonds is 5. The standard InChI is InChI=1S/C23H21N5O4S/c1-13-4-8-17(9-5-13)27-15(3)20(22(29)24-19-12-14(2)32-26-19)21(25-23(27)33)16-6-10-18(11-7-16)28(30)31/h4-12,21H,1-3H3,(H,25,33)(H,24,26,29)/t21-/m1/s1. The van der Waals surface area contributed by atoms with E-state index in [2.05, 4.69) is 15.8 Å². The van der Waals surface area contributed by atoms with Gasteiger partial charge in [0.25, 0.3) is 11.6 Å². The van der Waals surface area contributed by atoms with Gasteiger partial charge in [-0.25, -0.2) is 0 Å². The first-order valence-electron chi connectivity index (χ1n) is 10.1. The van der Waals surface area contributed by atoms with Crippen molar-refractivity contribution in [3.8, 4) is 0 Å². The number of non-ortho nitro benzene ring substituents is 1. The molecule has 0 bridgehead atoms. The van der Waals surface area contributed by atoms with Crippen LogP contribution in [0.5, 0.6) is 0 Å². The summed E-state index contributed by atoms with van der Waals surface area (Å²) in [5.41, 5.74) is 3.55. The number of aryl methyl sites for hydroxylation is 2. The van der Waals surface area contributed by atoms with Gasteiger partial charge in [0.05, 0.1) is 16.5 Å². The minimum absolute atomic E-state index is 0.0387. The summed E-state index contributed by atoms with van der Waals surface area (Å²) < 4.78 is 5.05.